The lowest BCUT2D eigenvalue weighted by Crippen LogP contribution is -2.48. The predicted molar refractivity (Wildman–Crippen MR) is 59.1 cm³/mol. The Kier molecular flexibility index (Phi) is 3.93. The summed E-state index contributed by atoms with van der Waals surface area (Å²) in [5.74, 6) is 0.617. The molecule has 1 rings (SSSR count). The zero-order chi connectivity index (χ0) is 10.8. The van der Waals surface area contributed by atoms with Crippen LogP contribution in [0.1, 0.15) is 33.1 Å². The van der Waals surface area contributed by atoms with Gasteiger partial charge in [-0.25, -0.2) is 0 Å². The Morgan fingerprint density at radius 1 is 1.43 bits per heavy atom. The molecule has 14 heavy (non-hydrogen) atoms. The largest absolute Gasteiger partial charge is 0.394 e. The van der Waals surface area contributed by atoms with Crippen LogP contribution in [-0.4, -0.2) is 41.8 Å². The first kappa shape index (κ1) is 12.0. The summed E-state index contributed by atoms with van der Waals surface area (Å²) < 4.78 is 0. The average Bonchev–Trinajstić information content (AvgIpc) is 2.52. The fourth-order valence-electron chi connectivity index (χ4n) is 2.01. The normalized spacial score (nSPS) is 28.7. The van der Waals surface area contributed by atoms with Gasteiger partial charge in [-0.05, 0) is 39.7 Å². The minimum atomic E-state index is -0.123. The van der Waals surface area contributed by atoms with Crippen molar-refractivity contribution in [3.63, 3.8) is 0 Å². The van der Waals surface area contributed by atoms with Crippen LogP contribution >= 0.6 is 0 Å². The topological polar surface area (TPSA) is 49.5 Å². The zero-order valence-electron chi connectivity index (χ0n) is 9.66. The second-order valence-corrected chi connectivity index (χ2v) is 5.21. The van der Waals surface area contributed by atoms with Crippen LogP contribution in [0.4, 0.5) is 0 Å². The molecule has 3 nitrogen and oxygen atoms in total. The van der Waals surface area contributed by atoms with Gasteiger partial charge in [0, 0.05) is 18.1 Å². The highest BCUT2D eigenvalue weighted by atomic mass is 16.3. The van der Waals surface area contributed by atoms with Crippen molar-refractivity contribution in [2.24, 2.45) is 11.7 Å². The van der Waals surface area contributed by atoms with E-state index < -0.39 is 0 Å². The zero-order valence-corrected chi connectivity index (χ0v) is 9.66. The summed E-state index contributed by atoms with van der Waals surface area (Å²) in [5, 5.41) is 9.23. The molecule has 0 amide bonds. The van der Waals surface area contributed by atoms with Crippen molar-refractivity contribution in [1.82, 2.24) is 4.90 Å². The summed E-state index contributed by atoms with van der Waals surface area (Å²) in [7, 11) is 2.07. The molecule has 2 unspecified atom stereocenters. The molecule has 0 heterocycles. The lowest BCUT2D eigenvalue weighted by atomic mass is 9.99. The van der Waals surface area contributed by atoms with Gasteiger partial charge in [-0.2, -0.15) is 0 Å². The van der Waals surface area contributed by atoms with Crippen LogP contribution < -0.4 is 5.73 Å². The summed E-state index contributed by atoms with van der Waals surface area (Å²) in [5.41, 5.74) is 5.90. The number of likely N-dealkylation sites (N-methyl/N-ethyl adjacent to an activating group) is 1. The number of nitrogens with two attached hydrogens (primary N) is 1. The Labute approximate surface area is 87.3 Å². The van der Waals surface area contributed by atoms with Crippen LogP contribution in [0.5, 0.6) is 0 Å². The molecule has 0 radical (unpaired) electrons. The SMILES string of the molecule is CN(CC1CCCC1N)C(C)(C)CO. The molecular formula is C11H24N2O. The van der Waals surface area contributed by atoms with Gasteiger partial charge >= 0.3 is 0 Å². The summed E-state index contributed by atoms with van der Waals surface area (Å²) in [6, 6.07) is 0.368. The minimum absolute atomic E-state index is 0.123. The standard InChI is InChI=1S/C11H24N2O/c1-11(2,8-14)13(3)7-9-5-4-6-10(9)12/h9-10,14H,4-8,12H2,1-3H3. The van der Waals surface area contributed by atoms with E-state index in [2.05, 4.69) is 25.8 Å². The van der Waals surface area contributed by atoms with Gasteiger partial charge in [-0.15, -0.1) is 0 Å². The molecule has 1 aliphatic carbocycles. The van der Waals surface area contributed by atoms with Gasteiger partial charge in [0.2, 0.25) is 0 Å². The molecule has 0 aliphatic heterocycles. The molecule has 0 saturated heterocycles. The summed E-state index contributed by atoms with van der Waals surface area (Å²) in [6.45, 7) is 5.33. The summed E-state index contributed by atoms with van der Waals surface area (Å²) in [6.07, 6.45) is 3.67. The molecule has 0 aromatic rings. The van der Waals surface area contributed by atoms with E-state index in [0.29, 0.717) is 12.0 Å². The third-order valence-corrected chi connectivity index (χ3v) is 3.65. The molecule has 0 aromatic carbocycles. The molecular weight excluding hydrogens is 176 g/mol. The predicted octanol–water partition coefficient (Wildman–Crippen LogP) is 0.817. The molecule has 84 valence electrons. The van der Waals surface area contributed by atoms with Crippen LogP contribution in [-0.2, 0) is 0 Å². The van der Waals surface area contributed by atoms with Crippen molar-refractivity contribution in [2.45, 2.75) is 44.7 Å². The van der Waals surface area contributed by atoms with Gasteiger partial charge in [0.25, 0.3) is 0 Å². The van der Waals surface area contributed by atoms with Gasteiger partial charge in [0.05, 0.1) is 6.61 Å². The molecule has 1 fully saturated rings. The number of aliphatic hydroxyl groups excluding tert-OH is 1. The molecule has 1 aliphatic rings. The quantitative estimate of drug-likeness (QED) is 0.706. The maximum Gasteiger partial charge on any atom is 0.0609 e. The highest BCUT2D eigenvalue weighted by Crippen LogP contribution is 2.26. The van der Waals surface area contributed by atoms with E-state index in [1.807, 2.05) is 0 Å². The second-order valence-electron chi connectivity index (χ2n) is 5.21. The Morgan fingerprint density at radius 2 is 2.07 bits per heavy atom. The molecule has 2 atom stereocenters. The van der Waals surface area contributed by atoms with Crippen LogP contribution in [0, 0.1) is 5.92 Å². The molecule has 3 N–H and O–H groups in total. The van der Waals surface area contributed by atoms with Crippen LogP contribution in [0.15, 0.2) is 0 Å². The van der Waals surface area contributed by atoms with Crippen molar-refractivity contribution < 1.29 is 5.11 Å². The molecule has 0 spiro atoms. The molecule has 0 bridgehead atoms. The Morgan fingerprint density at radius 3 is 2.50 bits per heavy atom. The third kappa shape index (κ3) is 2.69. The second kappa shape index (κ2) is 4.60. The Bertz CT molecular complexity index is 182. The molecule has 3 heteroatoms. The van der Waals surface area contributed by atoms with Crippen molar-refractivity contribution >= 4 is 0 Å². The Hall–Kier alpha value is -0.120. The Balaban J connectivity index is 2.43. The van der Waals surface area contributed by atoms with Crippen molar-refractivity contribution in [1.29, 1.82) is 0 Å². The highest BCUT2D eigenvalue weighted by molar-refractivity contribution is 4.86. The van der Waals surface area contributed by atoms with Gasteiger partial charge in [-0.3, -0.25) is 4.90 Å². The van der Waals surface area contributed by atoms with E-state index in [-0.39, 0.29) is 12.1 Å². The fourth-order valence-corrected chi connectivity index (χ4v) is 2.01. The van der Waals surface area contributed by atoms with Crippen LogP contribution in [0.25, 0.3) is 0 Å². The first-order valence-electron chi connectivity index (χ1n) is 5.55. The van der Waals surface area contributed by atoms with Crippen LogP contribution in [0.3, 0.4) is 0 Å². The van der Waals surface area contributed by atoms with E-state index >= 15 is 0 Å². The fraction of sp³-hybridized carbons (Fsp3) is 1.00. The van der Waals surface area contributed by atoms with E-state index in [1.54, 1.807) is 0 Å². The van der Waals surface area contributed by atoms with Crippen molar-refractivity contribution in [3.8, 4) is 0 Å². The van der Waals surface area contributed by atoms with Crippen molar-refractivity contribution in [2.75, 3.05) is 20.2 Å². The van der Waals surface area contributed by atoms with Crippen molar-refractivity contribution in [3.05, 3.63) is 0 Å². The number of rotatable bonds is 4. The first-order valence-corrected chi connectivity index (χ1v) is 5.55. The van der Waals surface area contributed by atoms with E-state index in [9.17, 15) is 5.11 Å². The summed E-state index contributed by atoms with van der Waals surface area (Å²) in [4.78, 5) is 2.23. The number of hydrogen-bond donors (Lipinski definition) is 2. The van der Waals surface area contributed by atoms with Gasteiger partial charge in [0.1, 0.15) is 0 Å². The summed E-state index contributed by atoms with van der Waals surface area (Å²) >= 11 is 0. The van der Waals surface area contributed by atoms with Gasteiger partial charge in [0.15, 0.2) is 0 Å². The van der Waals surface area contributed by atoms with Gasteiger partial charge < -0.3 is 10.8 Å². The van der Waals surface area contributed by atoms with E-state index in [4.69, 9.17) is 5.73 Å². The lowest BCUT2D eigenvalue weighted by Gasteiger charge is -2.36. The lowest BCUT2D eigenvalue weighted by molar-refractivity contribution is 0.0651. The number of aliphatic hydroxyl groups is 1. The van der Waals surface area contributed by atoms with Crippen LogP contribution in [0.2, 0.25) is 0 Å². The number of nitrogens with zero attached hydrogens (tertiary/aromatic N) is 1. The molecule has 1 saturated carbocycles. The van der Waals surface area contributed by atoms with E-state index in [1.165, 1.54) is 12.8 Å². The minimum Gasteiger partial charge on any atom is -0.394 e. The smallest absolute Gasteiger partial charge is 0.0609 e. The third-order valence-electron chi connectivity index (χ3n) is 3.65. The monoisotopic (exact) mass is 200 g/mol. The maximum atomic E-state index is 9.23. The van der Waals surface area contributed by atoms with E-state index in [0.717, 1.165) is 13.0 Å². The first-order chi connectivity index (χ1) is 6.47. The highest BCUT2D eigenvalue weighted by Gasteiger charge is 2.29. The maximum absolute atomic E-state index is 9.23. The van der Waals surface area contributed by atoms with Gasteiger partial charge in [-0.1, -0.05) is 6.42 Å². The average molecular weight is 200 g/mol. The number of hydrogen-bond acceptors (Lipinski definition) is 3. The molecule has 0 aromatic heterocycles.